The van der Waals surface area contributed by atoms with E-state index >= 15 is 0 Å². The zero-order valence-corrected chi connectivity index (χ0v) is 15.6. The number of imidazole rings is 1. The predicted molar refractivity (Wildman–Crippen MR) is 106 cm³/mol. The average molecular weight is 377 g/mol. The number of H-pyrrole nitrogens is 1. The normalized spacial score (nSPS) is 20.1. The molecule has 8 nitrogen and oxygen atoms in total. The number of hydrogen-bond donors (Lipinski definition) is 1. The van der Waals surface area contributed by atoms with Crippen molar-refractivity contribution in [1.29, 1.82) is 0 Å². The molecule has 144 valence electrons. The minimum Gasteiger partial charge on any atom is -0.345 e. The highest BCUT2D eigenvalue weighted by atomic mass is 16.2. The van der Waals surface area contributed by atoms with Crippen LogP contribution in [0.5, 0.6) is 0 Å². The Bertz CT molecular complexity index is 1140. The minimum absolute atomic E-state index is 0. The fourth-order valence-electron chi connectivity index (χ4n) is 4.32. The van der Waals surface area contributed by atoms with E-state index < -0.39 is 0 Å². The topological polar surface area (TPSA) is 92.1 Å². The van der Waals surface area contributed by atoms with Crippen LogP contribution >= 0.6 is 0 Å². The van der Waals surface area contributed by atoms with E-state index in [0.29, 0.717) is 18.0 Å². The number of aromatic amines is 1. The summed E-state index contributed by atoms with van der Waals surface area (Å²) in [6.45, 7) is 3.59. The number of fused-ring (bicyclic) bond motifs is 3. The number of likely N-dealkylation sites (tertiary alicyclic amines) is 1. The number of nitrogens with zero attached hydrogens (tertiary/aromatic N) is 6. The smallest absolute Gasteiger partial charge is 0.257 e. The quantitative estimate of drug-likeness (QED) is 0.593. The first kappa shape index (κ1) is 16.9. The maximum Gasteiger partial charge on any atom is 0.257 e. The highest BCUT2D eigenvalue weighted by molar-refractivity contribution is 5.93. The molecule has 0 unspecified atom stereocenters. The zero-order chi connectivity index (χ0) is 19.1. The van der Waals surface area contributed by atoms with Crippen LogP contribution in [0.2, 0.25) is 0 Å². The van der Waals surface area contributed by atoms with Gasteiger partial charge >= 0.3 is 0 Å². The molecule has 1 N–H and O–H groups in total. The molecule has 0 saturated carbocycles. The SMILES string of the molecule is CC[C@@H]1CCN(C(=O)c2cncnc2)C[C@@H]1c1ncc2cnc3[nH]ccc3n12.[HH]. The summed E-state index contributed by atoms with van der Waals surface area (Å²) < 4.78 is 2.17. The van der Waals surface area contributed by atoms with Gasteiger partial charge in [0.15, 0.2) is 5.65 Å². The van der Waals surface area contributed by atoms with E-state index in [0.717, 1.165) is 41.9 Å². The van der Waals surface area contributed by atoms with Gasteiger partial charge in [-0.05, 0) is 18.4 Å². The molecule has 0 bridgehead atoms. The van der Waals surface area contributed by atoms with Crippen LogP contribution in [0.15, 0.2) is 43.4 Å². The monoisotopic (exact) mass is 377 g/mol. The maximum absolute atomic E-state index is 12.9. The lowest BCUT2D eigenvalue weighted by atomic mass is 9.83. The van der Waals surface area contributed by atoms with Crippen molar-refractivity contribution >= 4 is 22.6 Å². The third kappa shape index (κ3) is 2.64. The molecule has 0 aromatic carbocycles. The highest BCUT2D eigenvalue weighted by Crippen LogP contribution is 2.35. The maximum atomic E-state index is 12.9. The molecule has 1 amide bonds. The second kappa shape index (κ2) is 6.70. The van der Waals surface area contributed by atoms with Crippen LogP contribution in [-0.4, -0.2) is 53.2 Å². The number of hydrogen-bond acceptors (Lipinski definition) is 5. The van der Waals surface area contributed by atoms with Gasteiger partial charge in [0, 0.05) is 39.0 Å². The average Bonchev–Trinajstić information content (AvgIpc) is 3.39. The number of nitrogens with one attached hydrogen (secondary N) is 1. The van der Waals surface area contributed by atoms with Gasteiger partial charge in [-0.25, -0.2) is 19.9 Å². The Hall–Kier alpha value is -3.29. The number of aromatic nitrogens is 6. The summed E-state index contributed by atoms with van der Waals surface area (Å²) in [6.07, 6.45) is 12.2. The van der Waals surface area contributed by atoms with Gasteiger partial charge in [0.05, 0.1) is 29.0 Å². The largest absolute Gasteiger partial charge is 0.345 e. The number of carbonyl (C=O) groups excluding carboxylic acids is 1. The van der Waals surface area contributed by atoms with Crippen molar-refractivity contribution in [3.63, 3.8) is 0 Å². The Kier molecular flexibility index (Phi) is 4.03. The van der Waals surface area contributed by atoms with Crippen LogP contribution in [0.1, 0.15) is 43.3 Å². The van der Waals surface area contributed by atoms with E-state index in [1.807, 2.05) is 29.6 Å². The second-order valence-electron chi connectivity index (χ2n) is 7.29. The molecule has 5 rings (SSSR count). The third-order valence-electron chi connectivity index (χ3n) is 5.79. The van der Waals surface area contributed by atoms with Crippen LogP contribution in [0.25, 0.3) is 16.7 Å². The van der Waals surface area contributed by atoms with Crippen LogP contribution in [-0.2, 0) is 0 Å². The molecule has 1 aliphatic rings. The van der Waals surface area contributed by atoms with Gasteiger partial charge in [-0.3, -0.25) is 9.20 Å². The molecule has 4 aromatic heterocycles. The third-order valence-corrected chi connectivity index (χ3v) is 5.79. The lowest BCUT2D eigenvalue weighted by molar-refractivity contribution is 0.0651. The van der Waals surface area contributed by atoms with E-state index in [2.05, 4.69) is 31.3 Å². The number of carbonyl (C=O) groups is 1. The molecule has 0 spiro atoms. The fourth-order valence-corrected chi connectivity index (χ4v) is 4.32. The van der Waals surface area contributed by atoms with E-state index in [4.69, 9.17) is 4.98 Å². The van der Waals surface area contributed by atoms with Gasteiger partial charge in [0.1, 0.15) is 12.2 Å². The van der Waals surface area contributed by atoms with Crippen LogP contribution in [0.3, 0.4) is 0 Å². The Morgan fingerprint density at radius 3 is 2.89 bits per heavy atom. The number of piperidine rings is 1. The molecular weight excluding hydrogens is 354 g/mol. The molecule has 5 heterocycles. The Labute approximate surface area is 163 Å². The van der Waals surface area contributed by atoms with Crippen LogP contribution in [0.4, 0.5) is 0 Å². The van der Waals surface area contributed by atoms with E-state index in [1.54, 1.807) is 12.4 Å². The van der Waals surface area contributed by atoms with Gasteiger partial charge in [0.25, 0.3) is 5.91 Å². The lowest BCUT2D eigenvalue weighted by Crippen LogP contribution is -2.43. The first-order chi connectivity index (χ1) is 13.8. The lowest BCUT2D eigenvalue weighted by Gasteiger charge is -2.37. The van der Waals surface area contributed by atoms with Crippen molar-refractivity contribution in [2.75, 3.05) is 13.1 Å². The highest BCUT2D eigenvalue weighted by Gasteiger charge is 2.34. The van der Waals surface area contributed by atoms with Crippen molar-refractivity contribution in [3.05, 3.63) is 54.8 Å². The standard InChI is InChI=1S/C20H21N7O.H2/c1-2-13-4-6-26(20(28)14-7-21-12-22-8-14)11-16(13)19-25-10-15-9-24-18-17(27(15)19)3-5-23-18;/h3,5,7-10,12-13,16,23H,2,4,6,11H2,1H3;1H/t13-,16+;/m1./s1. The van der Waals surface area contributed by atoms with Crippen molar-refractivity contribution in [3.8, 4) is 0 Å². The molecule has 0 aliphatic carbocycles. The van der Waals surface area contributed by atoms with Crippen LogP contribution < -0.4 is 0 Å². The van der Waals surface area contributed by atoms with Gasteiger partial charge in [-0.15, -0.1) is 0 Å². The first-order valence-electron chi connectivity index (χ1n) is 9.60. The number of amides is 1. The molecule has 0 radical (unpaired) electrons. The summed E-state index contributed by atoms with van der Waals surface area (Å²) in [4.78, 5) is 35.2. The van der Waals surface area contributed by atoms with E-state index in [9.17, 15) is 4.79 Å². The van der Waals surface area contributed by atoms with Crippen molar-refractivity contribution in [2.45, 2.75) is 25.7 Å². The van der Waals surface area contributed by atoms with Gasteiger partial charge in [-0.1, -0.05) is 13.3 Å². The molecule has 1 fully saturated rings. The van der Waals surface area contributed by atoms with Gasteiger partial charge in [-0.2, -0.15) is 0 Å². The number of rotatable bonds is 3. The molecule has 8 heteroatoms. The van der Waals surface area contributed by atoms with E-state index in [1.165, 1.54) is 6.33 Å². The summed E-state index contributed by atoms with van der Waals surface area (Å²) in [6, 6.07) is 2.02. The van der Waals surface area contributed by atoms with Crippen molar-refractivity contribution in [2.24, 2.45) is 5.92 Å². The molecule has 28 heavy (non-hydrogen) atoms. The Morgan fingerprint density at radius 1 is 1.25 bits per heavy atom. The Morgan fingerprint density at radius 2 is 2.07 bits per heavy atom. The van der Waals surface area contributed by atoms with Crippen LogP contribution in [0, 0.1) is 5.92 Å². The second-order valence-corrected chi connectivity index (χ2v) is 7.29. The van der Waals surface area contributed by atoms with Gasteiger partial charge < -0.3 is 9.88 Å². The van der Waals surface area contributed by atoms with Crippen molar-refractivity contribution in [1.82, 2.24) is 34.2 Å². The fraction of sp³-hybridized carbons (Fsp3) is 0.350. The molecule has 1 aliphatic heterocycles. The zero-order valence-electron chi connectivity index (χ0n) is 15.6. The molecule has 1 saturated heterocycles. The predicted octanol–water partition coefficient (Wildman–Crippen LogP) is 2.90. The molecular formula is C20H23N7O. The first-order valence-corrected chi connectivity index (χ1v) is 9.60. The molecule has 2 atom stereocenters. The van der Waals surface area contributed by atoms with Crippen molar-refractivity contribution < 1.29 is 6.22 Å². The molecule has 4 aromatic rings. The Balaban J connectivity index is 0.00000205. The summed E-state index contributed by atoms with van der Waals surface area (Å²) in [7, 11) is 0. The van der Waals surface area contributed by atoms with E-state index in [-0.39, 0.29) is 13.3 Å². The summed E-state index contributed by atoms with van der Waals surface area (Å²) >= 11 is 0. The summed E-state index contributed by atoms with van der Waals surface area (Å²) in [5.41, 5.74) is 3.35. The summed E-state index contributed by atoms with van der Waals surface area (Å²) in [5, 5.41) is 0. The summed E-state index contributed by atoms with van der Waals surface area (Å²) in [5.74, 6) is 1.62. The minimum atomic E-state index is -0.0190. The van der Waals surface area contributed by atoms with Gasteiger partial charge in [0.2, 0.25) is 0 Å².